The lowest BCUT2D eigenvalue weighted by Crippen LogP contribution is -2.50. The molecule has 204 valence electrons. The number of carbonyl (C=O) groups is 3. The van der Waals surface area contributed by atoms with Crippen LogP contribution in [0.15, 0.2) is 24.3 Å². The van der Waals surface area contributed by atoms with Gasteiger partial charge >= 0.3 is 11.9 Å². The number of carboxylic acid groups (broad SMARTS) is 1. The van der Waals surface area contributed by atoms with Crippen molar-refractivity contribution in [1.29, 1.82) is 0 Å². The Morgan fingerprint density at radius 1 is 1.19 bits per heavy atom. The highest BCUT2D eigenvalue weighted by Crippen LogP contribution is 2.35. The molecule has 0 aliphatic rings. The van der Waals surface area contributed by atoms with Crippen molar-refractivity contribution in [3.63, 3.8) is 0 Å². The van der Waals surface area contributed by atoms with Crippen molar-refractivity contribution < 1.29 is 37.0 Å². The fourth-order valence-corrected chi connectivity index (χ4v) is 6.11. The van der Waals surface area contributed by atoms with Crippen LogP contribution < -0.4 is 10.9 Å². The molecule has 11 heteroatoms. The molecule has 3 N–H and O–H groups in total. The van der Waals surface area contributed by atoms with Gasteiger partial charge in [0, 0.05) is 7.05 Å². The minimum atomic E-state index is -3.72. The largest absolute Gasteiger partial charge is 0.481 e. The van der Waals surface area contributed by atoms with Gasteiger partial charge in [-0.3, -0.25) is 19.8 Å². The number of carboxylic acids is 1. The van der Waals surface area contributed by atoms with Gasteiger partial charge in [0.15, 0.2) is 9.84 Å². The van der Waals surface area contributed by atoms with Crippen molar-refractivity contribution >= 4 is 27.7 Å². The van der Waals surface area contributed by atoms with Crippen LogP contribution in [0.25, 0.3) is 0 Å². The molecule has 0 aliphatic carbocycles. The summed E-state index contributed by atoms with van der Waals surface area (Å²) in [4.78, 5) is 35.9. The second-order valence-electron chi connectivity index (χ2n) is 9.92. The van der Waals surface area contributed by atoms with Crippen LogP contribution in [0.3, 0.4) is 0 Å². The number of ether oxygens (including phenoxy) is 1. The second-order valence-corrected chi connectivity index (χ2v) is 12.0. The zero-order valence-electron chi connectivity index (χ0n) is 21.7. The maximum absolute atomic E-state index is 14.7. The summed E-state index contributed by atoms with van der Waals surface area (Å²) in [5.74, 6) is -3.94. The summed E-state index contributed by atoms with van der Waals surface area (Å²) in [7, 11) is -2.23. The highest BCUT2D eigenvalue weighted by Gasteiger charge is 2.41. The lowest BCUT2D eigenvalue weighted by atomic mass is 9.74. The van der Waals surface area contributed by atoms with Crippen LogP contribution in [0.4, 0.5) is 4.39 Å². The summed E-state index contributed by atoms with van der Waals surface area (Å²) in [5.41, 5.74) is 3.81. The molecule has 2 atom stereocenters. The summed E-state index contributed by atoms with van der Waals surface area (Å²) in [5, 5.41) is 9.22. The van der Waals surface area contributed by atoms with Gasteiger partial charge in [-0.2, -0.15) is 0 Å². The zero-order valence-corrected chi connectivity index (χ0v) is 22.5. The lowest BCUT2D eigenvalue weighted by Gasteiger charge is -2.32. The zero-order chi connectivity index (χ0) is 27.6. The molecule has 1 aromatic carbocycles. The molecular weight excluding hydrogens is 491 g/mol. The normalized spacial score (nSPS) is 14.5. The van der Waals surface area contributed by atoms with Crippen LogP contribution in [0.1, 0.15) is 58.1 Å². The van der Waals surface area contributed by atoms with E-state index in [1.165, 1.54) is 7.05 Å². The molecule has 0 bridgehead atoms. The number of rotatable bonds is 16. The van der Waals surface area contributed by atoms with Crippen LogP contribution in [0.5, 0.6) is 0 Å². The Hall–Kier alpha value is -2.53. The summed E-state index contributed by atoms with van der Waals surface area (Å²) < 4.78 is 44.3. The van der Waals surface area contributed by atoms with Gasteiger partial charge in [0.05, 0.1) is 18.3 Å². The Bertz CT molecular complexity index is 1010. The maximum Gasteiger partial charge on any atom is 0.321 e. The van der Waals surface area contributed by atoms with Crippen LogP contribution in [-0.4, -0.2) is 63.2 Å². The van der Waals surface area contributed by atoms with Gasteiger partial charge in [0.25, 0.3) is 0 Å². The Morgan fingerprint density at radius 3 is 2.42 bits per heavy atom. The number of esters is 1. The van der Waals surface area contributed by atoms with E-state index in [0.29, 0.717) is 24.0 Å². The van der Waals surface area contributed by atoms with Crippen LogP contribution in [0.2, 0.25) is 0 Å². The molecule has 1 amide bonds. The molecule has 0 saturated heterocycles. The summed E-state index contributed by atoms with van der Waals surface area (Å²) in [6.45, 7) is 5.75. The van der Waals surface area contributed by atoms with Crippen molar-refractivity contribution in [1.82, 2.24) is 10.9 Å². The van der Waals surface area contributed by atoms with Crippen molar-refractivity contribution in [2.45, 2.75) is 58.8 Å². The Labute approximate surface area is 213 Å². The fourth-order valence-electron chi connectivity index (χ4n) is 4.23. The minimum absolute atomic E-state index is 0.0914. The molecule has 0 spiro atoms. The summed E-state index contributed by atoms with van der Waals surface area (Å²) in [6, 6.07) is 6.70. The first-order valence-electron chi connectivity index (χ1n) is 11.9. The molecule has 1 rings (SSSR count). The molecule has 2 unspecified atom stereocenters. The smallest absolute Gasteiger partial charge is 0.321 e. The van der Waals surface area contributed by atoms with E-state index in [-0.39, 0.29) is 25.2 Å². The highest BCUT2D eigenvalue weighted by atomic mass is 32.2. The highest BCUT2D eigenvalue weighted by molar-refractivity contribution is 7.92. The van der Waals surface area contributed by atoms with Gasteiger partial charge in [-0.25, -0.2) is 18.2 Å². The van der Waals surface area contributed by atoms with E-state index in [1.807, 2.05) is 0 Å². The van der Waals surface area contributed by atoms with E-state index in [4.69, 9.17) is 4.74 Å². The van der Waals surface area contributed by atoms with Gasteiger partial charge in [-0.1, -0.05) is 51.5 Å². The summed E-state index contributed by atoms with van der Waals surface area (Å²) >= 11 is 0. The Kier molecular flexibility index (Phi) is 12.0. The number of sulfone groups is 1. The number of nitrogens with one attached hydrogen (secondary N) is 2. The van der Waals surface area contributed by atoms with E-state index >= 15 is 0 Å². The first-order chi connectivity index (χ1) is 16.7. The first-order valence-corrected chi connectivity index (χ1v) is 13.8. The number of hydrogen-bond acceptors (Lipinski definition) is 7. The van der Waals surface area contributed by atoms with Crippen molar-refractivity contribution in [3.05, 3.63) is 35.4 Å². The fraction of sp³-hybridized carbons (Fsp3) is 0.640. The topological polar surface area (TPSA) is 139 Å². The monoisotopic (exact) mass is 530 g/mol. The Morgan fingerprint density at radius 2 is 1.86 bits per heavy atom. The predicted molar refractivity (Wildman–Crippen MR) is 135 cm³/mol. The molecule has 36 heavy (non-hydrogen) atoms. The number of halogens is 1. The predicted octanol–water partition coefficient (Wildman–Crippen LogP) is 2.58. The lowest BCUT2D eigenvalue weighted by molar-refractivity contribution is -0.141. The number of alkyl halides is 1. The van der Waals surface area contributed by atoms with Crippen molar-refractivity contribution in [2.24, 2.45) is 11.3 Å². The molecule has 0 radical (unpaired) electrons. The van der Waals surface area contributed by atoms with E-state index in [1.54, 1.807) is 52.0 Å². The van der Waals surface area contributed by atoms with Crippen LogP contribution in [-0.2, 0) is 40.8 Å². The Balaban J connectivity index is 3.11. The van der Waals surface area contributed by atoms with E-state index in [0.717, 1.165) is 0 Å². The average molecular weight is 531 g/mol. The minimum Gasteiger partial charge on any atom is -0.481 e. The van der Waals surface area contributed by atoms with Gasteiger partial charge in [0.2, 0.25) is 5.91 Å². The van der Waals surface area contributed by atoms with Crippen molar-refractivity contribution in [2.75, 3.05) is 31.8 Å². The molecule has 0 saturated carbocycles. The van der Waals surface area contributed by atoms with Crippen LogP contribution >= 0.6 is 0 Å². The standard InChI is InChI=1S/C25H39FN2O7S/c1-6-35-21(29)15-36(33,34)17-24(3,4)11-8-12-25(16-26,23(32)28-27-5)20-10-7-9-19(14-20)13-18(2)22(30)31/h7,9-10,14,18,27H,6,8,11-13,15-17H2,1-5H3,(H,28,32)(H,30,31). The molecule has 0 fully saturated rings. The van der Waals surface area contributed by atoms with E-state index < -0.39 is 56.9 Å². The third-order valence-electron chi connectivity index (χ3n) is 6.06. The molecule has 1 aromatic rings. The molecule has 9 nitrogen and oxygen atoms in total. The molecular formula is C25H39FN2O7S. The van der Waals surface area contributed by atoms with Crippen LogP contribution in [0, 0.1) is 11.3 Å². The quantitative estimate of drug-likeness (QED) is 0.219. The SMILES string of the molecule is CCOC(=O)CS(=O)(=O)CC(C)(C)CCCC(CF)(C(=O)NNC)c1cccc(CC(C)C(=O)O)c1. The number of benzene rings is 1. The van der Waals surface area contributed by atoms with E-state index in [2.05, 4.69) is 10.9 Å². The molecule has 0 aliphatic heterocycles. The van der Waals surface area contributed by atoms with Gasteiger partial charge in [-0.05, 0) is 42.7 Å². The number of aliphatic carboxylic acids is 1. The number of carbonyl (C=O) groups excluding carboxylic acids is 2. The molecule has 0 aromatic heterocycles. The van der Waals surface area contributed by atoms with Crippen molar-refractivity contribution in [3.8, 4) is 0 Å². The third-order valence-corrected chi connectivity index (χ3v) is 7.95. The second kappa shape index (κ2) is 13.7. The maximum atomic E-state index is 14.7. The third kappa shape index (κ3) is 9.50. The van der Waals surface area contributed by atoms with E-state index in [9.17, 15) is 32.3 Å². The van der Waals surface area contributed by atoms with Gasteiger partial charge in [0.1, 0.15) is 17.8 Å². The number of hydrazine groups is 1. The number of amides is 1. The number of hydrogen-bond donors (Lipinski definition) is 3. The first kappa shape index (κ1) is 31.5. The van der Waals surface area contributed by atoms with Gasteiger partial charge < -0.3 is 9.84 Å². The summed E-state index contributed by atoms with van der Waals surface area (Å²) in [6.07, 6.45) is 1.01. The molecule has 0 heterocycles. The van der Waals surface area contributed by atoms with Gasteiger partial charge in [-0.15, -0.1) is 0 Å². The average Bonchev–Trinajstić information content (AvgIpc) is 2.76.